The molecule has 0 rings (SSSR count). The average molecular weight is 649 g/mol. The summed E-state index contributed by atoms with van der Waals surface area (Å²) < 4.78 is 13.6. The lowest BCUT2D eigenvalue weighted by atomic mass is 10.1. The van der Waals surface area contributed by atoms with Crippen LogP contribution < -0.4 is 0 Å². The molecule has 0 N–H and O–H groups in total. The summed E-state index contributed by atoms with van der Waals surface area (Å²) in [6.07, 6.45) is 47.7. The molecule has 2 atom stereocenters. The molecule has 3 nitrogen and oxygen atoms in total. The maximum atomic E-state index is 6.43. The minimum absolute atomic E-state index is 0.162. The number of nitrogens with zero attached hydrogens (tertiary/aromatic N) is 1. The van der Waals surface area contributed by atoms with Gasteiger partial charge in [0.25, 0.3) is 0 Å². The molecule has 0 spiro atoms. The van der Waals surface area contributed by atoms with Crippen LogP contribution in [0.1, 0.15) is 201 Å². The summed E-state index contributed by atoms with van der Waals surface area (Å²) >= 11 is 0. The van der Waals surface area contributed by atoms with Gasteiger partial charge in [0.2, 0.25) is 0 Å². The normalized spacial score (nSPS) is 13.8. The number of quaternary nitrogens is 1. The number of unbranched alkanes of at least 4 members (excludes halogenated alkanes) is 24. The Morgan fingerprint density at radius 1 is 0.413 bits per heavy atom. The first-order chi connectivity index (χ1) is 22.4. The Hall–Kier alpha value is -0.640. The van der Waals surface area contributed by atoms with E-state index >= 15 is 0 Å². The monoisotopic (exact) mass is 649 g/mol. The largest absolute Gasteiger partial charge is 0.376 e. The molecule has 0 saturated heterocycles. The SMILES string of the molecule is CCCCCCCC/C=C\CCCCCCCCOC(C)C(C[N+](C)(C)C)OCCCCCCCC/C=C\CCCCCCCC. The van der Waals surface area contributed by atoms with E-state index in [4.69, 9.17) is 9.47 Å². The first kappa shape index (κ1) is 45.4. The molecule has 3 heteroatoms. The van der Waals surface area contributed by atoms with Crippen molar-refractivity contribution < 1.29 is 14.0 Å². The number of hydrogen-bond donors (Lipinski definition) is 0. The molecule has 0 aliphatic heterocycles. The van der Waals surface area contributed by atoms with Crippen LogP contribution in [0.5, 0.6) is 0 Å². The van der Waals surface area contributed by atoms with Gasteiger partial charge in [0.15, 0.2) is 0 Å². The maximum Gasteiger partial charge on any atom is 0.132 e. The maximum absolute atomic E-state index is 6.43. The quantitative estimate of drug-likeness (QED) is 0.0379. The molecule has 0 saturated carbocycles. The van der Waals surface area contributed by atoms with Crippen LogP contribution in [0.25, 0.3) is 0 Å². The molecule has 0 aromatic rings. The second kappa shape index (κ2) is 35.7. The Kier molecular flexibility index (Phi) is 35.2. The predicted molar refractivity (Wildman–Crippen MR) is 207 cm³/mol. The van der Waals surface area contributed by atoms with Crippen LogP contribution in [0.15, 0.2) is 24.3 Å². The Morgan fingerprint density at radius 3 is 1.07 bits per heavy atom. The van der Waals surface area contributed by atoms with Gasteiger partial charge in [-0.2, -0.15) is 0 Å². The number of ether oxygens (including phenoxy) is 2. The molecule has 0 fully saturated rings. The molecule has 46 heavy (non-hydrogen) atoms. The number of hydrogen-bond acceptors (Lipinski definition) is 2. The van der Waals surface area contributed by atoms with Crippen molar-refractivity contribution in [2.45, 2.75) is 213 Å². The summed E-state index contributed by atoms with van der Waals surface area (Å²) in [5, 5.41) is 0. The van der Waals surface area contributed by atoms with Crippen LogP contribution in [0, 0.1) is 0 Å². The number of allylic oxidation sites excluding steroid dienone is 4. The first-order valence-corrected chi connectivity index (χ1v) is 20.7. The van der Waals surface area contributed by atoms with E-state index in [1.807, 2.05) is 0 Å². The van der Waals surface area contributed by atoms with Gasteiger partial charge in [0.05, 0.1) is 27.2 Å². The molecule has 0 aromatic heterocycles. The van der Waals surface area contributed by atoms with Crippen molar-refractivity contribution in [2.75, 3.05) is 40.9 Å². The molecule has 0 amide bonds. The van der Waals surface area contributed by atoms with Gasteiger partial charge in [-0.05, 0) is 71.1 Å². The zero-order valence-corrected chi connectivity index (χ0v) is 32.6. The van der Waals surface area contributed by atoms with E-state index in [1.165, 1.54) is 180 Å². The van der Waals surface area contributed by atoms with E-state index in [2.05, 4.69) is 66.2 Å². The van der Waals surface area contributed by atoms with Gasteiger partial charge < -0.3 is 14.0 Å². The Balaban J connectivity index is 3.76. The molecule has 0 aromatic carbocycles. The summed E-state index contributed by atoms with van der Waals surface area (Å²) in [6, 6.07) is 0. The molecule has 0 radical (unpaired) electrons. The second-order valence-corrected chi connectivity index (χ2v) is 15.3. The third-order valence-electron chi connectivity index (χ3n) is 9.28. The van der Waals surface area contributed by atoms with Crippen molar-refractivity contribution >= 4 is 0 Å². The fourth-order valence-electron chi connectivity index (χ4n) is 6.19. The van der Waals surface area contributed by atoms with Crippen molar-refractivity contribution in [3.8, 4) is 0 Å². The third kappa shape index (κ3) is 36.2. The van der Waals surface area contributed by atoms with Gasteiger partial charge in [-0.15, -0.1) is 0 Å². The van der Waals surface area contributed by atoms with E-state index in [-0.39, 0.29) is 12.2 Å². The van der Waals surface area contributed by atoms with Crippen LogP contribution >= 0.6 is 0 Å². The number of likely N-dealkylation sites (N-methyl/N-ethyl adjacent to an activating group) is 1. The van der Waals surface area contributed by atoms with Gasteiger partial charge in [-0.25, -0.2) is 0 Å². The van der Waals surface area contributed by atoms with Gasteiger partial charge in [-0.1, -0.05) is 154 Å². The van der Waals surface area contributed by atoms with Crippen LogP contribution in [-0.4, -0.2) is 57.6 Å². The standard InChI is InChI=1S/C43H86NO2/c1-7-9-11-13-15-17-19-21-23-25-27-29-31-33-35-37-39-45-42(3)43(41-44(4,5)6)46-40-38-36-34-32-30-28-26-24-22-20-18-16-14-12-10-8-2/h21-24,42-43H,7-20,25-41H2,1-6H3/q+1/b23-21-,24-22-. The highest BCUT2D eigenvalue weighted by atomic mass is 16.5. The van der Waals surface area contributed by atoms with Crippen molar-refractivity contribution in [3.05, 3.63) is 24.3 Å². The lowest BCUT2D eigenvalue weighted by Gasteiger charge is -2.32. The van der Waals surface area contributed by atoms with E-state index in [0.29, 0.717) is 0 Å². The van der Waals surface area contributed by atoms with E-state index in [1.54, 1.807) is 0 Å². The Bertz CT molecular complexity index is 637. The molecule has 274 valence electrons. The smallest absolute Gasteiger partial charge is 0.132 e. The first-order valence-electron chi connectivity index (χ1n) is 20.7. The highest BCUT2D eigenvalue weighted by molar-refractivity contribution is 4.82. The molecule has 0 aliphatic carbocycles. The van der Waals surface area contributed by atoms with E-state index in [9.17, 15) is 0 Å². The van der Waals surface area contributed by atoms with Crippen molar-refractivity contribution in [1.29, 1.82) is 0 Å². The molecule has 0 heterocycles. The summed E-state index contributed by atoms with van der Waals surface area (Å²) in [5.41, 5.74) is 0. The van der Waals surface area contributed by atoms with Crippen LogP contribution in [0.3, 0.4) is 0 Å². The highest BCUT2D eigenvalue weighted by Crippen LogP contribution is 2.14. The topological polar surface area (TPSA) is 18.5 Å². The van der Waals surface area contributed by atoms with Gasteiger partial charge in [-0.3, -0.25) is 0 Å². The zero-order valence-electron chi connectivity index (χ0n) is 32.6. The van der Waals surface area contributed by atoms with Gasteiger partial charge in [0, 0.05) is 13.2 Å². The number of rotatable bonds is 37. The Labute approximate surface area is 291 Å². The molecule has 0 bridgehead atoms. The zero-order chi connectivity index (χ0) is 33.8. The average Bonchev–Trinajstić information content (AvgIpc) is 3.02. The van der Waals surface area contributed by atoms with Gasteiger partial charge >= 0.3 is 0 Å². The third-order valence-corrected chi connectivity index (χ3v) is 9.28. The molecular formula is C43H86NO2+. The fraction of sp³-hybridized carbons (Fsp3) is 0.907. The summed E-state index contributed by atoms with van der Waals surface area (Å²) in [7, 11) is 6.79. The van der Waals surface area contributed by atoms with Crippen molar-refractivity contribution in [1.82, 2.24) is 0 Å². The molecule has 0 aliphatic rings. The van der Waals surface area contributed by atoms with E-state index in [0.717, 1.165) is 24.2 Å². The summed E-state index contributed by atoms with van der Waals surface area (Å²) in [4.78, 5) is 0. The fourth-order valence-corrected chi connectivity index (χ4v) is 6.19. The molecular weight excluding hydrogens is 562 g/mol. The van der Waals surface area contributed by atoms with Crippen LogP contribution in [0.4, 0.5) is 0 Å². The Morgan fingerprint density at radius 2 is 0.717 bits per heavy atom. The van der Waals surface area contributed by atoms with Gasteiger partial charge in [0.1, 0.15) is 12.6 Å². The second-order valence-electron chi connectivity index (χ2n) is 15.3. The summed E-state index contributed by atoms with van der Waals surface area (Å²) in [6.45, 7) is 9.54. The van der Waals surface area contributed by atoms with Crippen molar-refractivity contribution in [3.63, 3.8) is 0 Å². The van der Waals surface area contributed by atoms with Crippen LogP contribution in [-0.2, 0) is 9.47 Å². The molecule has 2 unspecified atom stereocenters. The predicted octanol–water partition coefficient (Wildman–Crippen LogP) is 13.6. The van der Waals surface area contributed by atoms with Crippen LogP contribution in [0.2, 0.25) is 0 Å². The lowest BCUT2D eigenvalue weighted by molar-refractivity contribution is -0.874. The lowest BCUT2D eigenvalue weighted by Crippen LogP contribution is -2.47. The minimum Gasteiger partial charge on any atom is -0.376 e. The van der Waals surface area contributed by atoms with Crippen molar-refractivity contribution in [2.24, 2.45) is 0 Å². The minimum atomic E-state index is 0.162. The summed E-state index contributed by atoms with van der Waals surface area (Å²) in [5.74, 6) is 0. The van der Waals surface area contributed by atoms with E-state index < -0.39 is 0 Å². The highest BCUT2D eigenvalue weighted by Gasteiger charge is 2.25.